The molecule has 0 aliphatic heterocycles. The molecule has 3 N–H and O–H groups in total. The molecule has 7 heteroatoms. The van der Waals surface area contributed by atoms with Crippen molar-refractivity contribution in [1.82, 2.24) is 15.5 Å². The van der Waals surface area contributed by atoms with Crippen molar-refractivity contribution in [3.63, 3.8) is 0 Å². The molecule has 0 radical (unpaired) electrons. The summed E-state index contributed by atoms with van der Waals surface area (Å²) in [6, 6.07) is -0.623. The minimum absolute atomic E-state index is 0.0377. The van der Waals surface area contributed by atoms with Gasteiger partial charge in [0.25, 0.3) is 0 Å². The minimum Gasteiger partial charge on any atom is -0.480 e. The first-order valence-corrected chi connectivity index (χ1v) is 6.92. The molecule has 3 amide bonds. The van der Waals surface area contributed by atoms with E-state index in [1.54, 1.807) is 4.90 Å². The number of carboxylic acid groups (broad SMARTS) is 1. The standard InChI is InChI=1S/C13H23N3O4/c1-4-16(5-2)10(17)8-14-12(20)15-13(3,11(18)19)9-6-7-9/h9H,4-8H2,1-3H3,(H,18,19)(H2,14,15,20). The van der Waals surface area contributed by atoms with Gasteiger partial charge in [-0.05, 0) is 39.5 Å². The molecule has 1 atom stereocenters. The summed E-state index contributed by atoms with van der Waals surface area (Å²) in [6.45, 7) is 6.24. The van der Waals surface area contributed by atoms with Gasteiger partial charge in [0.2, 0.25) is 5.91 Å². The Hall–Kier alpha value is -1.79. The number of amides is 3. The molecule has 1 rings (SSSR count). The summed E-state index contributed by atoms with van der Waals surface area (Å²) in [7, 11) is 0. The fraction of sp³-hybridized carbons (Fsp3) is 0.769. The maximum absolute atomic E-state index is 11.7. The Kier molecular flexibility index (Phi) is 5.35. The number of likely N-dealkylation sites (N-methyl/N-ethyl adjacent to an activating group) is 1. The summed E-state index contributed by atoms with van der Waals surface area (Å²) in [5.74, 6) is -1.27. The lowest BCUT2D eigenvalue weighted by molar-refractivity contribution is -0.144. The van der Waals surface area contributed by atoms with Crippen molar-refractivity contribution in [2.75, 3.05) is 19.6 Å². The van der Waals surface area contributed by atoms with Gasteiger partial charge in [-0.25, -0.2) is 9.59 Å². The number of hydrogen-bond donors (Lipinski definition) is 3. The Morgan fingerprint density at radius 3 is 2.20 bits per heavy atom. The molecule has 1 unspecified atom stereocenters. The zero-order valence-electron chi connectivity index (χ0n) is 12.2. The number of rotatable bonds is 7. The zero-order chi connectivity index (χ0) is 15.3. The van der Waals surface area contributed by atoms with Crippen LogP contribution in [0.25, 0.3) is 0 Å². The Bertz CT molecular complexity index is 391. The van der Waals surface area contributed by atoms with E-state index >= 15 is 0 Å². The number of nitrogens with zero attached hydrogens (tertiary/aromatic N) is 1. The largest absolute Gasteiger partial charge is 0.480 e. The fourth-order valence-corrected chi connectivity index (χ4v) is 2.11. The molecule has 1 saturated carbocycles. The second-order valence-corrected chi connectivity index (χ2v) is 5.16. The number of carbonyl (C=O) groups is 3. The van der Waals surface area contributed by atoms with Gasteiger partial charge in [0.05, 0.1) is 6.54 Å². The summed E-state index contributed by atoms with van der Waals surface area (Å²) < 4.78 is 0. The van der Waals surface area contributed by atoms with Crippen molar-refractivity contribution in [3.8, 4) is 0 Å². The summed E-state index contributed by atoms with van der Waals surface area (Å²) in [5, 5.41) is 14.1. The van der Waals surface area contributed by atoms with Crippen LogP contribution in [-0.2, 0) is 9.59 Å². The van der Waals surface area contributed by atoms with E-state index in [-0.39, 0.29) is 18.4 Å². The first-order valence-electron chi connectivity index (χ1n) is 6.92. The van der Waals surface area contributed by atoms with Crippen LogP contribution >= 0.6 is 0 Å². The Morgan fingerprint density at radius 2 is 1.80 bits per heavy atom. The van der Waals surface area contributed by atoms with Crippen molar-refractivity contribution in [2.24, 2.45) is 5.92 Å². The van der Waals surface area contributed by atoms with Crippen LogP contribution < -0.4 is 10.6 Å². The van der Waals surface area contributed by atoms with Crippen LogP contribution in [0.1, 0.15) is 33.6 Å². The molecule has 114 valence electrons. The third-order valence-corrected chi connectivity index (χ3v) is 3.73. The maximum atomic E-state index is 11.7. The molecule has 0 aromatic heterocycles. The van der Waals surface area contributed by atoms with Gasteiger partial charge in [-0.1, -0.05) is 0 Å². The van der Waals surface area contributed by atoms with Crippen LogP contribution in [0, 0.1) is 5.92 Å². The zero-order valence-corrected chi connectivity index (χ0v) is 12.2. The summed E-state index contributed by atoms with van der Waals surface area (Å²) in [4.78, 5) is 36.3. The molecular weight excluding hydrogens is 262 g/mol. The van der Waals surface area contributed by atoms with Gasteiger partial charge in [0, 0.05) is 13.1 Å². The van der Waals surface area contributed by atoms with E-state index in [1.165, 1.54) is 6.92 Å². The van der Waals surface area contributed by atoms with Crippen LogP contribution in [0.3, 0.4) is 0 Å². The number of aliphatic carboxylic acids is 1. The van der Waals surface area contributed by atoms with Gasteiger partial charge < -0.3 is 20.6 Å². The Balaban J connectivity index is 2.47. The van der Waals surface area contributed by atoms with Crippen LogP contribution in [0.2, 0.25) is 0 Å². The van der Waals surface area contributed by atoms with E-state index in [1.807, 2.05) is 13.8 Å². The second kappa shape index (κ2) is 6.58. The van der Waals surface area contributed by atoms with Crippen molar-refractivity contribution < 1.29 is 19.5 Å². The first kappa shape index (κ1) is 16.3. The highest BCUT2D eigenvalue weighted by atomic mass is 16.4. The van der Waals surface area contributed by atoms with E-state index in [2.05, 4.69) is 10.6 Å². The molecule has 0 bridgehead atoms. The quantitative estimate of drug-likeness (QED) is 0.631. The molecule has 1 fully saturated rings. The molecule has 0 aromatic rings. The van der Waals surface area contributed by atoms with Crippen molar-refractivity contribution in [1.29, 1.82) is 0 Å². The number of carbonyl (C=O) groups excluding carboxylic acids is 2. The smallest absolute Gasteiger partial charge is 0.329 e. The molecular formula is C13H23N3O4. The van der Waals surface area contributed by atoms with Crippen LogP contribution in [0.5, 0.6) is 0 Å². The monoisotopic (exact) mass is 285 g/mol. The highest BCUT2D eigenvalue weighted by molar-refractivity contribution is 5.88. The van der Waals surface area contributed by atoms with Crippen LogP contribution in [0.4, 0.5) is 4.79 Å². The lowest BCUT2D eigenvalue weighted by Gasteiger charge is -2.26. The molecule has 0 spiro atoms. The molecule has 1 aliphatic carbocycles. The number of carboxylic acids is 1. The molecule has 20 heavy (non-hydrogen) atoms. The van der Waals surface area contributed by atoms with Gasteiger partial charge in [-0.3, -0.25) is 4.79 Å². The maximum Gasteiger partial charge on any atom is 0.329 e. The minimum atomic E-state index is -1.26. The van der Waals surface area contributed by atoms with Crippen molar-refractivity contribution in [2.45, 2.75) is 39.2 Å². The van der Waals surface area contributed by atoms with E-state index in [0.29, 0.717) is 13.1 Å². The highest BCUT2D eigenvalue weighted by Gasteiger charge is 2.48. The second-order valence-electron chi connectivity index (χ2n) is 5.16. The van der Waals surface area contributed by atoms with Crippen LogP contribution in [0.15, 0.2) is 0 Å². The normalized spacial score (nSPS) is 16.9. The third-order valence-electron chi connectivity index (χ3n) is 3.73. The van der Waals surface area contributed by atoms with Crippen LogP contribution in [-0.4, -0.2) is 53.1 Å². The van der Waals surface area contributed by atoms with Gasteiger partial charge >= 0.3 is 12.0 Å². The first-order chi connectivity index (χ1) is 9.35. The van der Waals surface area contributed by atoms with Crippen molar-refractivity contribution in [3.05, 3.63) is 0 Å². The highest BCUT2D eigenvalue weighted by Crippen LogP contribution is 2.39. The van der Waals surface area contributed by atoms with E-state index in [9.17, 15) is 19.5 Å². The molecule has 7 nitrogen and oxygen atoms in total. The predicted octanol–water partition coefficient (Wildman–Crippen LogP) is 0.407. The van der Waals surface area contributed by atoms with E-state index in [4.69, 9.17) is 0 Å². The van der Waals surface area contributed by atoms with Gasteiger partial charge in [-0.2, -0.15) is 0 Å². The van der Waals surface area contributed by atoms with Crippen molar-refractivity contribution >= 4 is 17.9 Å². The number of urea groups is 1. The lowest BCUT2D eigenvalue weighted by Crippen LogP contribution is -2.57. The summed E-state index contributed by atoms with van der Waals surface area (Å²) >= 11 is 0. The Labute approximate surface area is 118 Å². The SMILES string of the molecule is CCN(CC)C(=O)CNC(=O)NC(C)(C(=O)O)C1CC1. The Morgan fingerprint density at radius 1 is 1.25 bits per heavy atom. The lowest BCUT2D eigenvalue weighted by atomic mass is 9.96. The fourth-order valence-electron chi connectivity index (χ4n) is 2.11. The average molecular weight is 285 g/mol. The summed E-state index contributed by atoms with van der Waals surface area (Å²) in [5.41, 5.74) is -1.26. The summed E-state index contributed by atoms with van der Waals surface area (Å²) in [6.07, 6.45) is 1.59. The average Bonchev–Trinajstić information content (AvgIpc) is 3.22. The van der Waals surface area contributed by atoms with E-state index in [0.717, 1.165) is 12.8 Å². The molecule has 0 saturated heterocycles. The molecule has 1 aliphatic rings. The van der Waals surface area contributed by atoms with E-state index < -0.39 is 17.5 Å². The van der Waals surface area contributed by atoms with Gasteiger partial charge in [0.15, 0.2) is 0 Å². The topological polar surface area (TPSA) is 98.7 Å². The third kappa shape index (κ3) is 3.85. The number of hydrogen-bond acceptors (Lipinski definition) is 3. The molecule has 0 heterocycles. The number of nitrogens with one attached hydrogen (secondary N) is 2. The van der Waals surface area contributed by atoms with Gasteiger partial charge in [-0.15, -0.1) is 0 Å². The predicted molar refractivity (Wildman–Crippen MR) is 73.2 cm³/mol. The van der Waals surface area contributed by atoms with Gasteiger partial charge in [0.1, 0.15) is 5.54 Å². The molecule has 0 aromatic carbocycles.